The number of hydrogen-bond donors (Lipinski definition) is 2. The molecule has 0 saturated carbocycles. The number of halogens is 1. The molecule has 2 aromatic rings. The van der Waals surface area contributed by atoms with E-state index in [2.05, 4.69) is 70.4 Å². The van der Waals surface area contributed by atoms with Gasteiger partial charge in [0.25, 0.3) is 0 Å². The molecule has 3 unspecified atom stereocenters. The van der Waals surface area contributed by atoms with Gasteiger partial charge in [0.1, 0.15) is 0 Å². The first-order valence-corrected chi connectivity index (χ1v) is 10.8. The smallest absolute Gasteiger partial charge is 0.190 e. The minimum absolute atomic E-state index is 0. The topological polar surface area (TPSA) is 45.7 Å². The van der Waals surface area contributed by atoms with Crippen LogP contribution in [0.2, 0.25) is 0 Å². The predicted octanol–water partition coefficient (Wildman–Crippen LogP) is 4.88. The molecular weight excluding hydrogens is 481 g/mol. The van der Waals surface area contributed by atoms with Crippen molar-refractivity contribution in [2.45, 2.75) is 32.3 Å². The molecule has 0 aliphatic carbocycles. The van der Waals surface area contributed by atoms with Crippen LogP contribution in [-0.2, 0) is 11.2 Å². The second-order valence-corrected chi connectivity index (χ2v) is 8.36. The molecule has 3 rings (SSSR count). The Bertz CT molecular complexity index is 693. The Labute approximate surface area is 190 Å². The van der Waals surface area contributed by atoms with Gasteiger partial charge in [0.2, 0.25) is 0 Å². The summed E-state index contributed by atoms with van der Waals surface area (Å²) in [6, 6.07) is 14.9. The second-order valence-electron chi connectivity index (χ2n) is 7.33. The van der Waals surface area contributed by atoms with E-state index in [1.807, 2.05) is 18.4 Å². The van der Waals surface area contributed by atoms with Crippen LogP contribution >= 0.6 is 35.3 Å². The van der Waals surface area contributed by atoms with Gasteiger partial charge in [-0.3, -0.25) is 4.99 Å². The van der Waals surface area contributed by atoms with Crippen LogP contribution in [0.3, 0.4) is 0 Å². The molecule has 1 aromatic heterocycles. The number of aliphatic imine (C=N–C) groups is 1. The largest absolute Gasteiger partial charge is 0.373 e. The maximum absolute atomic E-state index is 6.10. The highest BCUT2D eigenvalue weighted by Crippen LogP contribution is 2.33. The maximum Gasteiger partial charge on any atom is 0.190 e. The highest BCUT2D eigenvalue weighted by Gasteiger charge is 2.27. The zero-order valence-corrected chi connectivity index (χ0v) is 19.9. The number of benzene rings is 1. The lowest BCUT2D eigenvalue weighted by Crippen LogP contribution is -2.43. The number of nitrogens with zero attached hydrogens (tertiary/aromatic N) is 1. The first kappa shape index (κ1) is 23.2. The number of nitrogens with one attached hydrogen (secondary N) is 2. The molecule has 1 aliphatic rings. The zero-order valence-electron chi connectivity index (χ0n) is 16.8. The van der Waals surface area contributed by atoms with Crippen molar-refractivity contribution in [1.82, 2.24) is 10.6 Å². The van der Waals surface area contributed by atoms with Gasteiger partial charge in [0.05, 0.1) is 6.10 Å². The minimum atomic E-state index is 0. The van der Waals surface area contributed by atoms with Gasteiger partial charge in [-0.15, -0.1) is 35.3 Å². The van der Waals surface area contributed by atoms with Crippen LogP contribution in [0.5, 0.6) is 0 Å². The third-order valence-electron chi connectivity index (χ3n) is 5.08. The summed E-state index contributed by atoms with van der Waals surface area (Å²) in [6.07, 6.45) is 3.58. The fraction of sp³-hybridized carbons (Fsp3) is 0.500. The first-order chi connectivity index (χ1) is 13.3. The molecule has 0 radical (unpaired) electrons. The Morgan fingerprint density at radius 3 is 2.75 bits per heavy atom. The summed E-state index contributed by atoms with van der Waals surface area (Å²) in [6.45, 7) is 4.92. The van der Waals surface area contributed by atoms with Crippen LogP contribution in [0, 0.1) is 11.8 Å². The summed E-state index contributed by atoms with van der Waals surface area (Å²) < 4.78 is 6.10. The van der Waals surface area contributed by atoms with Gasteiger partial charge in [-0.2, -0.15) is 0 Å². The van der Waals surface area contributed by atoms with Crippen molar-refractivity contribution in [3.63, 3.8) is 0 Å². The summed E-state index contributed by atoms with van der Waals surface area (Å²) in [5.41, 5.74) is 1.27. The Morgan fingerprint density at radius 2 is 2.04 bits per heavy atom. The van der Waals surface area contributed by atoms with Crippen LogP contribution < -0.4 is 10.6 Å². The number of rotatable bonds is 7. The quantitative estimate of drug-likeness (QED) is 0.315. The van der Waals surface area contributed by atoms with Crippen molar-refractivity contribution in [1.29, 1.82) is 0 Å². The third-order valence-corrected chi connectivity index (χ3v) is 5.97. The molecule has 1 aliphatic heterocycles. The van der Waals surface area contributed by atoms with Crippen LogP contribution in [-0.4, -0.2) is 32.7 Å². The van der Waals surface area contributed by atoms with E-state index in [4.69, 9.17) is 4.74 Å². The van der Waals surface area contributed by atoms with Crippen LogP contribution in [0.1, 0.15) is 36.3 Å². The predicted molar refractivity (Wildman–Crippen MR) is 130 cm³/mol. The molecule has 154 valence electrons. The van der Waals surface area contributed by atoms with Gasteiger partial charge in [-0.1, -0.05) is 43.3 Å². The lowest BCUT2D eigenvalue weighted by molar-refractivity contribution is -0.0265. The van der Waals surface area contributed by atoms with Crippen LogP contribution in [0.4, 0.5) is 0 Å². The zero-order chi connectivity index (χ0) is 18.9. The van der Waals surface area contributed by atoms with Crippen LogP contribution in [0.15, 0.2) is 52.8 Å². The average molecular weight is 513 g/mol. The maximum atomic E-state index is 6.10. The lowest BCUT2D eigenvalue weighted by atomic mass is 9.89. The van der Waals surface area contributed by atoms with Crippen molar-refractivity contribution in [3.05, 3.63) is 58.3 Å². The molecule has 1 aromatic carbocycles. The Balaban J connectivity index is 0.00000280. The first-order valence-electron chi connectivity index (χ1n) is 9.89. The fourth-order valence-corrected chi connectivity index (χ4v) is 4.50. The van der Waals surface area contributed by atoms with Gasteiger partial charge < -0.3 is 15.4 Å². The standard InChI is InChI=1S/C22H31N3OS.HI/c1-17(14-20-11-7-13-27-20)15-24-22(23-2)25-16-19-10-6-12-26-21(19)18-8-4-3-5-9-18;/h3-5,7-9,11,13,17,19,21H,6,10,12,14-16H2,1-2H3,(H2,23,24,25);1H. The van der Waals surface area contributed by atoms with Gasteiger partial charge in [0.15, 0.2) is 5.96 Å². The normalized spacial score (nSPS) is 20.9. The van der Waals surface area contributed by atoms with Crippen molar-refractivity contribution < 1.29 is 4.74 Å². The molecule has 6 heteroatoms. The van der Waals surface area contributed by atoms with Crippen molar-refractivity contribution in [2.24, 2.45) is 16.8 Å². The summed E-state index contributed by atoms with van der Waals surface area (Å²) >= 11 is 1.83. The number of ether oxygens (including phenoxy) is 1. The van der Waals surface area contributed by atoms with Gasteiger partial charge >= 0.3 is 0 Å². The number of hydrogen-bond acceptors (Lipinski definition) is 3. The molecule has 1 saturated heterocycles. The molecule has 3 atom stereocenters. The van der Waals surface area contributed by atoms with Crippen molar-refractivity contribution in [2.75, 3.05) is 26.7 Å². The van der Waals surface area contributed by atoms with E-state index in [0.717, 1.165) is 38.5 Å². The SMILES string of the molecule is CN=C(NCC(C)Cc1cccs1)NCC1CCCOC1c1ccccc1.I. The molecule has 0 spiro atoms. The molecule has 4 nitrogen and oxygen atoms in total. The number of guanidine groups is 1. The van der Waals surface area contributed by atoms with Crippen LogP contribution in [0.25, 0.3) is 0 Å². The summed E-state index contributed by atoms with van der Waals surface area (Å²) in [5.74, 6) is 1.91. The summed E-state index contributed by atoms with van der Waals surface area (Å²) in [5, 5.41) is 9.14. The van der Waals surface area contributed by atoms with E-state index in [1.165, 1.54) is 16.9 Å². The number of thiophene rings is 1. The molecular formula is C22H32IN3OS. The van der Waals surface area contributed by atoms with E-state index in [1.54, 1.807) is 0 Å². The highest BCUT2D eigenvalue weighted by molar-refractivity contribution is 14.0. The second kappa shape index (κ2) is 12.4. The Hall–Kier alpha value is -1.12. The van der Waals surface area contributed by atoms with E-state index < -0.39 is 0 Å². The highest BCUT2D eigenvalue weighted by atomic mass is 127. The summed E-state index contributed by atoms with van der Waals surface area (Å²) in [7, 11) is 1.84. The lowest BCUT2D eigenvalue weighted by Gasteiger charge is -2.32. The Morgan fingerprint density at radius 1 is 1.21 bits per heavy atom. The van der Waals surface area contributed by atoms with E-state index in [9.17, 15) is 0 Å². The van der Waals surface area contributed by atoms with E-state index >= 15 is 0 Å². The molecule has 1 fully saturated rings. The molecule has 0 bridgehead atoms. The minimum Gasteiger partial charge on any atom is -0.373 e. The van der Waals surface area contributed by atoms with E-state index in [-0.39, 0.29) is 30.1 Å². The molecule has 2 N–H and O–H groups in total. The van der Waals surface area contributed by atoms with Gasteiger partial charge in [0, 0.05) is 37.5 Å². The molecule has 2 heterocycles. The molecule has 0 amide bonds. The van der Waals surface area contributed by atoms with Crippen molar-refractivity contribution in [3.8, 4) is 0 Å². The van der Waals surface area contributed by atoms with Gasteiger partial charge in [-0.25, -0.2) is 0 Å². The Kier molecular flexibility index (Phi) is 10.3. The average Bonchev–Trinajstić information content (AvgIpc) is 3.22. The van der Waals surface area contributed by atoms with Crippen molar-refractivity contribution >= 4 is 41.3 Å². The summed E-state index contributed by atoms with van der Waals surface area (Å²) in [4.78, 5) is 5.84. The monoisotopic (exact) mass is 513 g/mol. The van der Waals surface area contributed by atoms with Gasteiger partial charge in [-0.05, 0) is 42.2 Å². The third kappa shape index (κ3) is 7.04. The fourth-order valence-electron chi connectivity index (χ4n) is 3.63. The molecule has 28 heavy (non-hydrogen) atoms. The van der Waals surface area contributed by atoms with E-state index in [0.29, 0.717) is 11.8 Å².